The van der Waals surface area contributed by atoms with Crippen molar-refractivity contribution in [3.05, 3.63) is 65.0 Å². The van der Waals surface area contributed by atoms with Crippen LogP contribution in [-0.2, 0) is 11.2 Å². The quantitative estimate of drug-likeness (QED) is 0.643. The van der Waals surface area contributed by atoms with E-state index in [0.29, 0.717) is 12.8 Å². The van der Waals surface area contributed by atoms with Gasteiger partial charge in [0.1, 0.15) is 0 Å². The Bertz CT molecular complexity index is 847. The summed E-state index contributed by atoms with van der Waals surface area (Å²) in [4.78, 5) is 19.6. The number of carbonyl (C=O) groups excluding carboxylic acids is 1. The number of amides is 1. The van der Waals surface area contributed by atoms with Crippen LogP contribution in [0.4, 0.5) is 5.69 Å². The molecule has 1 amide bonds. The van der Waals surface area contributed by atoms with Crippen molar-refractivity contribution in [2.45, 2.75) is 39.5 Å². The molecule has 0 saturated heterocycles. The molecule has 25 heavy (non-hydrogen) atoms. The van der Waals surface area contributed by atoms with E-state index in [4.69, 9.17) is 0 Å². The van der Waals surface area contributed by atoms with Crippen LogP contribution < -0.4 is 5.32 Å². The molecule has 2 aromatic heterocycles. The van der Waals surface area contributed by atoms with Gasteiger partial charge in [0, 0.05) is 29.4 Å². The van der Waals surface area contributed by atoms with Crippen molar-refractivity contribution in [2.75, 3.05) is 5.32 Å². The van der Waals surface area contributed by atoms with Crippen LogP contribution in [0.15, 0.2) is 36.8 Å². The number of hydrogen-bond donors (Lipinski definition) is 3. The molecule has 0 bridgehead atoms. The maximum atomic E-state index is 12.1. The molecule has 2 heterocycles. The third-order valence-corrected chi connectivity index (χ3v) is 4.53. The van der Waals surface area contributed by atoms with Gasteiger partial charge < -0.3 is 10.3 Å². The highest BCUT2D eigenvalue weighted by Gasteiger charge is 2.13. The van der Waals surface area contributed by atoms with Gasteiger partial charge >= 0.3 is 0 Å². The number of aromatic nitrogens is 4. The first-order valence-corrected chi connectivity index (χ1v) is 8.43. The standard InChI is InChI=1S/C19H23N5O/c1-12-10-22-24-17(12)8-9-18(25)23-16-6-4-15(5-7-16)13(2)19-14(3)20-11-21-19/h4-7,10-11,13H,8-9H2,1-3H3,(H,20,21)(H,22,24)(H,23,25)/t13-/m1/s1. The van der Waals surface area contributed by atoms with E-state index in [1.165, 1.54) is 5.56 Å². The van der Waals surface area contributed by atoms with Crippen LogP contribution in [0, 0.1) is 13.8 Å². The minimum atomic E-state index is -0.000731. The van der Waals surface area contributed by atoms with Gasteiger partial charge in [-0.15, -0.1) is 0 Å². The number of nitrogens with zero attached hydrogens (tertiary/aromatic N) is 2. The smallest absolute Gasteiger partial charge is 0.224 e. The molecular formula is C19H23N5O. The normalized spacial score (nSPS) is 12.1. The van der Waals surface area contributed by atoms with E-state index in [-0.39, 0.29) is 11.8 Å². The molecule has 0 saturated carbocycles. The second kappa shape index (κ2) is 7.34. The Morgan fingerprint density at radius 1 is 1.24 bits per heavy atom. The van der Waals surface area contributed by atoms with E-state index in [9.17, 15) is 4.79 Å². The van der Waals surface area contributed by atoms with Crippen LogP contribution in [0.1, 0.15) is 47.5 Å². The molecule has 0 spiro atoms. The molecule has 6 heteroatoms. The van der Waals surface area contributed by atoms with Gasteiger partial charge in [0.15, 0.2) is 0 Å². The molecule has 3 rings (SSSR count). The van der Waals surface area contributed by atoms with Gasteiger partial charge in [-0.2, -0.15) is 5.10 Å². The van der Waals surface area contributed by atoms with E-state index in [1.54, 1.807) is 12.5 Å². The fraction of sp³-hybridized carbons (Fsp3) is 0.316. The maximum Gasteiger partial charge on any atom is 0.224 e. The third-order valence-electron chi connectivity index (χ3n) is 4.53. The SMILES string of the molecule is Cc1cn[nH]c1CCC(=O)Nc1ccc([C@@H](C)c2[nH]cnc2C)cc1. The zero-order valence-corrected chi connectivity index (χ0v) is 14.8. The lowest BCUT2D eigenvalue weighted by Gasteiger charge is -2.12. The largest absolute Gasteiger partial charge is 0.348 e. The first kappa shape index (κ1) is 17.0. The third kappa shape index (κ3) is 3.96. The fourth-order valence-corrected chi connectivity index (χ4v) is 2.92. The molecule has 0 radical (unpaired) electrons. The maximum absolute atomic E-state index is 12.1. The second-order valence-electron chi connectivity index (χ2n) is 6.33. The number of aryl methyl sites for hydroxylation is 3. The fourth-order valence-electron chi connectivity index (χ4n) is 2.92. The highest BCUT2D eigenvalue weighted by Crippen LogP contribution is 2.25. The Morgan fingerprint density at radius 3 is 2.60 bits per heavy atom. The molecule has 1 atom stereocenters. The Labute approximate surface area is 147 Å². The number of nitrogens with one attached hydrogen (secondary N) is 3. The predicted octanol–water partition coefficient (Wildman–Crippen LogP) is 3.47. The molecule has 3 aromatic rings. The molecule has 0 aliphatic heterocycles. The zero-order valence-electron chi connectivity index (χ0n) is 14.8. The summed E-state index contributed by atoms with van der Waals surface area (Å²) in [7, 11) is 0. The highest BCUT2D eigenvalue weighted by molar-refractivity contribution is 5.90. The molecular weight excluding hydrogens is 314 g/mol. The average Bonchev–Trinajstić information content (AvgIpc) is 3.21. The van der Waals surface area contributed by atoms with Gasteiger partial charge in [-0.25, -0.2) is 4.98 Å². The Kier molecular flexibility index (Phi) is 4.97. The monoisotopic (exact) mass is 337 g/mol. The molecule has 0 fully saturated rings. The summed E-state index contributed by atoms with van der Waals surface area (Å²) in [5.74, 6) is 0.231. The average molecular weight is 337 g/mol. The van der Waals surface area contributed by atoms with E-state index in [2.05, 4.69) is 32.4 Å². The van der Waals surface area contributed by atoms with Crippen molar-refractivity contribution in [1.82, 2.24) is 20.2 Å². The lowest BCUT2D eigenvalue weighted by molar-refractivity contribution is -0.116. The number of imidazole rings is 1. The van der Waals surface area contributed by atoms with Crippen LogP contribution in [0.5, 0.6) is 0 Å². The van der Waals surface area contributed by atoms with Crippen molar-refractivity contribution in [3.63, 3.8) is 0 Å². The number of carbonyl (C=O) groups is 1. The van der Waals surface area contributed by atoms with Crippen molar-refractivity contribution >= 4 is 11.6 Å². The van der Waals surface area contributed by atoms with Gasteiger partial charge in [0.2, 0.25) is 5.91 Å². The molecule has 0 unspecified atom stereocenters. The molecule has 130 valence electrons. The summed E-state index contributed by atoms with van der Waals surface area (Å²) in [5.41, 5.74) is 6.21. The van der Waals surface area contributed by atoms with Crippen LogP contribution in [-0.4, -0.2) is 26.1 Å². The second-order valence-corrected chi connectivity index (χ2v) is 6.33. The summed E-state index contributed by atoms with van der Waals surface area (Å²) in [6, 6.07) is 7.97. The lowest BCUT2D eigenvalue weighted by atomic mass is 9.96. The van der Waals surface area contributed by atoms with Crippen molar-refractivity contribution in [1.29, 1.82) is 0 Å². The van der Waals surface area contributed by atoms with Gasteiger partial charge in [-0.1, -0.05) is 19.1 Å². The number of anilines is 1. The molecule has 3 N–H and O–H groups in total. The van der Waals surface area contributed by atoms with Gasteiger partial charge in [-0.3, -0.25) is 9.89 Å². The summed E-state index contributed by atoms with van der Waals surface area (Å²) >= 11 is 0. The Morgan fingerprint density at radius 2 is 2.00 bits per heavy atom. The summed E-state index contributed by atoms with van der Waals surface area (Å²) in [6.07, 6.45) is 4.58. The highest BCUT2D eigenvalue weighted by atomic mass is 16.1. The van der Waals surface area contributed by atoms with E-state index in [0.717, 1.165) is 28.3 Å². The molecule has 0 aliphatic rings. The number of rotatable bonds is 6. The van der Waals surface area contributed by atoms with Crippen LogP contribution >= 0.6 is 0 Å². The number of H-pyrrole nitrogens is 2. The zero-order chi connectivity index (χ0) is 17.8. The van der Waals surface area contributed by atoms with E-state index < -0.39 is 0 Å². The summed E-state index contributed by atoms with van der Waals surface area (Å²) in [6.45, 7) is 6.12. The van der Waals surface area contributed by atoms with Gasteiger partial charge in [-0.05, 0) is 43.5 Å². The first-order valence-electron chi connectivity index (χ1n) is 8.43. The Balaban J connectivity index is 1.58. The topological polar surface area (TPSA) is 86.5 Å². The minimum absolute atomic E-state index is 0.000731. The van der Waals surface area contributed by atoms with Crippen LogP contribution in [0.25, 0.3) is 0 Å². The number of aromatic amines is 2. The van der Waals surface area contributed by atoms with Crippen molar-refractivity contribution in [2.24, 2.45) is 0 Å². The summed E-state index contributed by atoms with van der Waals surface area (Å²) < 4.78 is 0. The number of benzene rings is 1. The van der Waals surface area contributed by atoms with E-state index in [1.807, 2.05) is 38.1 Å². The summed E-state index contributed by atoms with van der Waals surface area (Å²) in [5, 5.41) is 9.84. The van der Waals surface area contributed by atoms with Crippen LogP contribution in [0.2, 0.25) is 0 Å². The molecule has 1 aromatic carbocycles. The Hall–Kier alpha value is -2.89. The first-order chi connectivity index (χ1) is 12.0. The molecule has 0 aliphatic carbocycles. The van der Waals surface area contributed by atoms with Crippen LogP contribution in [0.3, 0.4) is 0 Å². The van der Waals surface area contributed by atoms with Gasteiger partial charge in [0.25, 0.3) is 0 Å². The molecule has 6 nitrogen and oxygen atoms in total. The lowest BCUT2D eigenvalue weighted by Crippen LogP contribution is -2.12. The predicted molar refractivity (Wildman–Crippen MR) is 97.6 cm³/mol. The minimum Gasteiger partial charge on any atom is -0.348 e. The van der Waals surface area contributed by atoms with Crippen molar-refractivity contribution in [3.8, 4) is 0 Å². The van der Waals surface area contributed by atoms with Gasteiger partial charge in [0.05, 0.1) is 18.2 Å². The van der Waals surface area contributed by atoms with Crippen molar-refractivity contribution < 1.29 is 4.79 Å². The number of hydrogen-bond acceptors (Lipinski definition) is 3. The van der Waals surface area contributed by atoms with E-state index >= 15 is 0 Å².